The standard InChI is InChI=1S/C16H33N3O/c1-5-11-18-12-8-9-15(10-13-18)17-14(4)16(20)19(6-2)7-3/h14-15,17H,5-13H2,1-4H3. The molecule has 0 spiro atoms. The first kappa shape index (κ1) is 17.4. The van der Waals surface area contributed by atoms with E-state index in [-0.39, 0.29) is 11.9 Å². The van der Waals surface area contributed by atoms with Crippen LogP contribution in [0.2, 0.25) is 0 Å². The Hall–Kier alpha value is -0.610. The molecule has 2 atom stereocenters. The third kappa shape index (κ3) is 5.41. The molecule has 0 bridgehead atoms. The van der Waals surface area contributed by atoms with Crippen LogP contribution in [0.1, 0.15) is 53.4 Å². The van der Waals surface area contributed by atoms with Gasteiger partial charge in [-0.2, -0.15) is 0 Å². The summed E-state index contributed by atoms with van der Waals surface area (Å²) in [6, 6.07) is 0.434. The molecule has 1 aliphatic heterocycles. The predicted octanol–water partition coefficient (Wildman–Crippen LogP) is 2.10. The van der Waals surface area contributed by atoms with Crippen LogP contribution in [0.4, 0.5) is 0 Å². The Morgan fingerprint density at radius 1 is 1.25 bits per heavy atom. The Labute approximate surface area is 124 Å². The summed E-state index contributed by atoms with van der Waals surface area (Å²) in [5.41, 5.74) is 0. The molecule has 20 heavy (non-hydrogen) atoms. The van der Waals surface area contributed by atoms with Crippen molar-refractivity contribution in [3.8, 4) is 0 Å². The largest absolute Gasteiger partial charge is 0.342 e. The highest BCUT2D eigenvalue weighted by Gasteiger charge is 2.23. The van der Waals surface area contributed by atoms with E-state index in [0.717, 1.165) is 26.1 Å². The molecule has 1 N–H and O–H groups in total. The highest BCUT2D eigenvalue weighted by molar-refractivity contribution is 5.81. The van der Waals surface area contributed by atoms with E-state index >= 15 is 0 Å². The fraction of sp³-hybridized carbons (Fsp3) is 0.938. The molecule has 0 aromatic rings. The van der Waals surface area contributed by atoms with Crippen molar-refractivity contribution >= 4 is 5.91 Å². The molecule has 1 fully saturated rings. The lowest BCUT2D eigenvalue weighted by Crippen LogP contribution is -2.48. The molecule has 1 aliphatic rings. The summed E-state index contributed by atoms with van der Waals surface area (Å²) in [6.45, 7) is 13.5. The highest BCUT2D eigenvalue weighted by atomic mass is 16.2. The van der Waals surface area contributed by atoms with Crippen LogP contribution in [-0.4, -0.2) is 60.5 Å². The molecule has 0 aliphatic carbocycles. The highest BCUT2D eigenvalue weighted by Crippen LogP contribution is 2.12. The van der Waals surface area contributed by atoms with Gasteiger partial charge in [0.05, 0.1) is 6.04 Å². The zero-order chi connectivity index (χ0) is 15.0. The van der Waals surface area contributed by atoms with Gasteiger partial charge in [0.1, 0.15) is 0 Å². The van der Waals surface area contributed by atoms with Crippen molar-refractivity contribution < 1.29 is 4.79 Å². The normalized spacial score (nSPS) is 22.3. The van der Waals surface area contributed by atoms with Crippen molar-refractivity contribution in [1.82, 2.24) is 15.1 Å². The third-order valence-electron chi connectivity index (χ3n) is 4.29. The minimum atomic E-state index is -0.0578. The van der Waals surface area contributed by atoms with Crippen LogP contribution in [0.5, 0.6) is 0 Å². The van der Waals surface area contributed by atoms with E-state index in [1.807, 2.05) is 25.7 Å². The summed E-state index contributed by atoms with van der Waals surface area (Å²) in [5, 5.41) is 3.55. The summed E-state index contributed by atoms with van der Waals surface area (Å²) in [6.07, 6.45) is 4.82. The maximum absolute atomic E-state index is 12.3. The molecule has 1 amide bonds. The van der Waals surface area contributed by atoms with E-state index in [2.05, 4.69) is 17.1 Å². The monoisotopic (exact) mass is 283 g/mol. The van der Waals surface area contributed by atoms with Crippen molar-refractivity contribution in [3.63, 3.8) is 0 Å². The summed E-state index contributed by atoms with van der Waals surface area (Å²) in [4.78, 5) is 16.8. The number of nitrogens with zero attached hydrogens (tertiary/aromatic N) is 2. The Morgan fingerprint density at radius 3 is 2.55 bits per heavy atom. The second-order valence-electron chi connectivity index (χ2n) is 5.87. The molecule has 1 heterocycles. The zero-order valence-electron chi connectivity index (χ0n) is 13.8. The Morgan fingerprint density at radius 2 is 1.95 bits per heavy atom. The van der Waals surface area contributed by atoms with Gasteiger partial charge in [0.15, 0.2) is 0 Å². The number of likely N-dealkylation sites (N-methyl/N-ethyl adjacent to an activating group) is 1. The van der Waals surface area contributed by atoms with Crippen LogP contribution in [-0.2, 0) is 4.79 Å². The number of likely N-dealkylation sites (tertiary alicyclic amines) is 1. The lowest BCUT2D eigenvalue weighted by atomic mass is 10.1. The van der Waals surface area contributed by atoms with Crippen LogP contribution in [0, 0.1) is 0 Å². The predicted molar refractivity (Wildman–Crippen MR) is 84.9 cm³/mol. The van der Waals surface area contributed by atoms with Gasteiger partial charge >= 0.3 is 0 Å². The van der Waals surface area contributed by atoms with E-state index in [0.29, 0.717) is 6.04 Å². The van der Waals surface area contributed by atoms with Gasteiger partial charge in [0.2, 0.25) is 5.91 Å². The van der Waals surface area contributed by atoms with Crippen LogP contribution in [0.3, 0.4) is 0 Å². The number of carbonyl (C=O) groups excluding carboxylic acids is 1. The summed E-state index contributed by atoms with van der Waals surface area (Å²) in [5.74, 6) is 0.240. The molecule has 4 heteroatoms. The third-order valence-corrected chi connectivity index (χ3v) is 4.29. The van der Waals surface area contributed by atoms with Gasteiger partial charge in [0.25, 0.3) is 0 Å². The smallest absolute Gasteiger partial charge is 0.239 e. The van der Waals surface area contributed by atoms with E-state index in [9.17, 15) is 4.79 Å². The lowest BCUT2D eigenvalue weighted by Gasteiger charge is -2.27. The topological polar surface area (TPSA) is 35.6 Å². The molecule has 1 saturated heterocycles. The molecular formula is C16H33N3O. The van der Waals surface area contributed by atoms with Gasteiger partial charge in [-0.25, -0.2) is 0 Å². The minimum absolute atomic E-state index is 0.0578. The van der Waals surface area contributed by atoms with Crippen LogP contribution >= 0.6 is 0 Å². The molecule has 1 rings (SSSR count). The van der Waals surface area contributed by atoms with Gasteiger partial charge in [-0.1, -0.05) is 6.92 Å². The molecule has 0 radical (unpaired) electrons. The van der Waals surface area contributed by atoms with Gasteiger partial charge in [-0.05, 0) is 66.1 Å². The number of amides is 1. The number of nitrogens with one attached hydrogen (secondary N) is 1. The Kier molecular flexibility index (Phi) is 8.15. The number of hydrogen-bond acceptors (Lipinski definition) is 3. The second-order valence-corrected chi connectivity index (χ2v) is 5.87. The number of rotatable bonds is 7. The van der Waals surface area contributed by atoms with Crippen molar-refractivity contribution in [1.29, 1.82) is 0 Å². The molecule has 4 nitrogen and oxygen atoms in total. The molecule has 0 aromatic carbocycles. The number of hydrogen-bond donors (Lipinski definition) is 1. The maximum atomic E-state index is 12.3. The van der Waals surface area contributed by atoms with Gasteiger partial charge in [-0.15, -0.1) is 0 Å². The summed E-state index contributed by atoms with van der Waals surface area (Å²) < 4.78 is 0. The second kappa shape index (κ2) is 9.35. The average molecular weight is 283 g/mol. The van der Waals surface area contributed by atoms with E-state index in [1.165, 1.54) is 32.4 Å². The average Bonchev–Trinajstić information content (AvgIpc) is 2.66. The molecule has 0 saturated carbocycles. The first-order chi connectivity index (χ1) is 9.62. The summed E-state index contributed by atoms with van der Waals surface area (Å²) >= 11 is 0. The zero-order valence-corrected chi connectivity index (χ0v) is 13.8. The van der Waals surface area contributed by atoms with E-state index in [1.54, 1.807) is 0 Å². The minimum Gasteiger partial charge on any atom is -0.342 e. The Bertz CT molecular complexity index is 279. The van der Waals surface area contributed by atoms with E-state index < -0.39 is 0 Å². The fourth-order valence-electron chi connectivity index (χ4n) is 3.10. The van der Waals surface area contributed by atoms with Crippen molar-refractivity contribution in [2.75, 3.05) is 32.7 Å². The van der Waals surface area contributed by atoms with Crippen LogP contribution < -0.4 is 5.32 Å². The number of carbonyl (C=O) groups is 1. The van der Waals surface area contributed by atoms with Gasteiger partial charge < -0.3 is 15.1 Å². The van der Waals surface area contributed by atoms with Crippen molar-refractivity contribution in [2.45, 2.75) is 65.5 Å². The lowest BCUT2D eigenvalue weighted by molar-refractivity contribution is -0.132. The first-order valence-corrected chi connectivity index (χ1v) is 8.39. The molecule has 118 valence electrons. The van der Waals surface area contributed by atoms with Crippen molar-refractivity contribution in [2.24, 2.45) is 0 Å². The molecular weight excluding hydrogens is 250 g/mol. The van der Waals surface area contributed by atoms with Gasteiger partial charge in [-0.3, -0.25) is 4.79 Å². The van der Waals surface area contributed by atoms with Crippen LogP contribution in [0.15, 0.2) is 0 Å². The Balaban J connectivity index is 2.41. The van der Waals surface area contributed by atoms with E-state index in [4.69, 9.17) is 0 Å². The molecule has 2 unspecified atom stereocenters. The first-order valence-electron chi connectivity index (χ1n) is 8.39. The SMILES string of the molecule is CCCN1CCCC(NC(C)C(=O)N(CC)CC)CC1. The molecule has 0 aromatic heterocycles. The fourth-order valence-corrected chi connectivity index (χ4v) is 3.10. The van der Waals surface area contributed by atoms with Gasteiger partial charge in [0, 0.05) is 19.1 Å². The van der Waals surface area contributed by atoms with Crippen LogP contribution in [0.25, 0.3) is 0 Å². The quantitative estimate of drug-likeness (QED) is 0.777. The maximum Gasteiger partial charge on any atom is 0.239 e. The summed E-state index contributed by atoms with van der Waals surface area (Å²) in [7, 11) is 0. The van der Waals surface area contributed by atoms with Crippen molar-refractivity contribution in [3.05, 3.63) is 0 Å².